The van der Waals surface area contributed by atoms with E-state index in [4.69, 9.17) is 0 Å². The van der Waals surface area contributed by atoms with Crippen LogP contribution in [0.25, 0.3) is 0 Å². The molecule has 1 aromatic rings. The molecular formula is C7H12N2O2. The Morgan fingerprint density at radius 2 is 2.27 bits per heavy atom. The topological polar surface area (TPSA) is 58.3 Å². The van der Waals surface area contributed by atoms with E-state index in [0.29, 0.717) is 12.8 Å². The van der Waals surface area contributed by atoms with Crippen LogP contribution >= 0.6 is 0 Å². The van der Waals surface area contributed by atoms with E-state index < -0.39 is 5.91 Å². The van der Waals surface area contributed by atoms with E-state index in [9.17, 15) is 10.2 Å². The monoisotopic (exact) mass is 156 g/mol. The molecule has 0 bridgehead atoms. The minimum Gasteiger partial charge on any atom is -0.348 e. The number of imidazole rings is 1. The van der Waals surface area contributed by atoms with Gasteiger partial charge < -0.3 is 10.2 Å². The fourth-order valence-electron chi connectivity index (χ4n) is 0.935. The van der Waals surface area contributed by atoms with E-state index in [1.54, 1.807) is 0 Å². The molecule has 0 aromatic carbocycles. The predicted molar refractivity (Wildman–Crippen MR) is 39.5 cm³/mol. The van der Waals surface area contributed by atoms with Gasteiger partial charge in [0.15, 0.2) is 0 Å². The standard InChI is InChI=1S/C7H12N2O2/c1-2-3-7(10,11)9-5-4-8-6-9/h4-6,10-11H,2-3H2,1H3. The Bertz CT molecular complexity index is 206. The Hall–Kier alpha value is -0.870. The van der Waals surface area contributed by atoms with Crippen molar-refractivity contribution in [2.24, 2.45) is 0 Å². The largest absolute Gasteiger partial charge is 0.348 e. The molecule has 1 aromatic heterocycles. The van der Waals surface area contributed by atoms with E-state index in [1.165, 1.54) is 23.3 Å². The Morgan fingerprint density at radius 1 is 1.55 bits per heavy atom. The molecule has 0 aliphatic heterocycles. The lowest BCUT2D eigenvalue weighted by Gasteiger charge is -2.21. The molecule has 0 atom stereocenters. The van der Waals surface area contributed by atoms with Crippen molar-refractivity contribution in [1.29, 1.82) is 0 Å². The molecule has 0 saturated carbocycles. The van der Waals surface area contributed by atoms with Crippen molar-refractivity contribution in [3.63, 3.8) is 0 Å². The summed E-state index contributed by atoms with van der Waals surface area (Å²) < 4.78 is 1.27. The molecule has 11 heavy (non-hydrogen) atoms. The van der Waals surface area contributed by atoms with Gasteiger partial charge in [-0.2, -0.15) is 0 Å². The van der Waals surface area contributed by atoms with Crippen LogP contribution in [0.5, 0.6) is 0 Å². The number of hydrogen-bond acceptors (Lipinski definition) is 3. The van der Waals surface area contributed by atoms with Crippen molar-refractivity contribution in [2.75, 3.05) is 0 Å². The summed E-state index contributed by atoms with van der Waals surface area (Å²) in [7, 11) is 0. The summed E-state index contributed by atoms with van der Waals surface area (Å²) in [4.78, 5) is 3.71. The number of rotatable bonds is 3. The summed E-state index contributed by atoms with van der Waals surface area (Å²) in [5, 5.41) is 18.7. The maximum Gasteiger partial charge on any atom is 0.251 e. The molecular weight excluding hydrogens is 144 g/mol. The van der Waals surface area contributed by atoms with Crippen LogP contribution in [0, 0.1) is 0 Å². The van der Waals surface area contributed by atoms with Crippen molar-refractivity contribution < 1.29 is 10.2 Å². The first kappa shape index (κ1) is 8.23. The third-order valence-electron chi connectivity index (χ3n) is 1.50. The van der Waals surface area contributed by atoms with Crippen LogP contribution in [0.1, 0.15) is 19.8 Å². The molecule has 0 amide bonds. The van der Waals surface area contributed by atoms with Gasteiger partial charge in [-0.3, -0.25) is 4.57 Å². The summed E-state index contributed by atoms with van der Waals surface area (Å²) in [5.74, 6) is -1.77. The van der Waals surface area contributed by atoms with E-state index in [0.717, 1.165) is 0 Å². The smallest absolute Gasteiger partial charge is 0.251 e. The Labute approximate surface area is 65.1 Å². The Kier molecular flexibility index (Phi) is 2.26. The Balaban J connectivity index is 2.73. The van der Waals surface area contributed by atoms with Gasteiger partial charge in [-0.05, 0) is 6.42 Å². The highest BCUT2D eigenvalue weighted by molar-refractivity contribution is 4.78. The predicted octanol–water partition coefficient (Wildman–Crippen LogP) is 0.278. The van der Waals surface area contributed by atoms with E-state index in [-0.39, 0.29) is 0 Å². The van der Waals surface area contributed by atoms with Gasteiger partial charge in [0.25, 0.3) is 5.91 Å². The zero-order valence-corrected chi connectivity index (χ0v) is 6.44. The molecule has 0 radical (unpaired) electrons. The minimum absolute atomic E-state index is 0.309. The Morgan fingerprint density at radius 3 is 2.73 bits per heavy atom. The molecule has 62 valence electrons. The van der Waals surface area contributed by atoms with Crippen LogP contribution in [0.4, 0.5) is 0 Å². The molecule has 0 aliphatic rings. The molecule has 1 rings (SSSR count). The van der Waals surface area contributed by atoms with Gasteiger partial charge in [0.1, 0.15) is 0 Å². The van der Waals surface area contributed by atoms with Crippen molar-refractivity contribution in [3.8, 4) is 0 Å². The maximum absolute atomic E-state index is 9.35. The minimum atomic E-state index is -1.77. The van der Waals surface area contributed by atoms with Crippen molar-refractivity contribution >= 4 is 0 Å². The lowest BCUT2D eigenvalue weighted by Crippen LogP contribution is -2.31. The van der Waals surface area contributed by atoms with Crippen molar-refractivity contribution in [1.82, 2.24) is 9.55 Å². The highest BCUT2D eigenvalue weighted by Crippen LogP contribution is 2.14. The summed E-state index contributed by atoms with van der Waals surface area (Å²) in [6, 6.07) is 0. The van der Waals surface area contributed by atoms with E-state index in [2.05, 4.69) is 4.98 Å². The van der Waals surface area contributed by atoms with Crippen LogP contribution in [0.3, 0.4) is 0 Å². The second-order valence-corrected chi connectivity index (χ2v) is 2.49. The maximum atomic E-state index is 9.35. The number of aliphatic hydroxyl groups is 2. The normalized spacial score (nSPS) is 11.9. The number of hydrogen-bond donors (Lipinski definition) is 2. The van der Waals surface area contributed by atoms with Gasteiger partial charge in [-0.25, -0.2) is 4.98 Å². The van der Waals surface area contributed by atoms with Gasteiger partial charge >= 0.3 is 0 Å². The van der Waals surface area contributed by atoms with Crippen LogP contribution in [0.15, 0.2) is 18.7 Å². The summed E-state index contributed by atoms with van der Waals surface area (Å²) in [5.41, 5.74) is 0. The van der Waals surface area contributed by atoms with Crippen LogP contribution in [0.2, 0.25) is 0 Å². The SMILES string of the molecule is CCCC(O)(O)n1ccnc1. The zero-order valence-electron chi connectivity index (χ0n) is 6.44. The second kappa shape index (κ2) is 3.02. The zero-order chi connectivity index (χ0) is 8.32. The fourth-order valence-corrected chi connectivity index (χ4v) is 0.935. The fraction of sp³-hybridized carbons (Fsp3) is 0.571. The average molecular weight is 156 g/mol. The van der Waals surface area contributed by atoms with E-state index >= 15 is 0 Å². The number of nitrogens with zero attached hydrogens (tertiary/aromatic N) is 2. The van der Waals surface area contributed by atoms with Crippen molar-refractivity contribution in [2.45, 2.75) is 25.7 Å². The number of aromatic nitrogens is 2. The molecule has 0 spiro atoms. The summed E-state index contributed by atoms with van der Waals surface area (Å²) in [6.45, 7) is 1.89. The van der Waals surface area contributed by atoms with Gasteiger partial charge in [0, 0.05) is 18.8 Å². The van der Waals surface area contributed by atoms with Crippen LogP contribution < -0.4 is 0 Å². The molecule has 4 heteroatoms. The average Bonchev–Trinajstić information content (AvgIpc) is 2.37. The lowest BCUT2D eigenvalue weighted by atomic mass is 10.2. The van der Waals surface area contributed by atoms with Crippen molar-refractivity contribution in [3.05, 3.63) is 18.7 Å². The van der Waals surface area contributed by atoms with Gasteiger partial charge in [0.05, 0.1) is 6.33 Å². The third kappa shape index (κ3) is 1.78. The summed E-state index contributed by atoms with van der Waals surface area (Å²) >= 11 is 0. The quantitative estimate of drug-likeness (QED) is 0.618. The molecule has 0 fully saturated rings. The first-order chi connectivity index (χ1) is 5.17. The highest BCUT2D eigenvalue weighted by Gasteiger charge is 2.22. The van der Waals surface area contributed by atoms with E-state index in [1.807, 2.05) is 6.92 Å². The van der Waals surface area contributed by atoms with Gasteiger partial charge in [-0.1, -0.05) is 6.92 Å². The van der Waals surface area contributed by atoms with Gasteiger partial charge in [-0.15, -0.1) is 0 Å². The highest BCUT2D eigenvalue weighted by atomic mass is 16.5. The summed E-state index contributed by atoms with van der Waals surface area (Å²) in [6.07, 6.45) is 5.44. The van der Waals surface area contributed by atoms with Crippen LogP contribution in [-0.4, -0.2) is 19.8 Å². The molecule has 2 N–H and O–H groups in total. The molecule has 0 unspecified atom stereocenters. The molecule has 0 aliphatic carbocycles. The molecule has 4 nitrogen and oxygen atoms in total. The lowest BCUT2D eigenvalue weighted by molar-refractivity contribution is -0.233. The molecule has 1 heterocycles. The third-order valence-corrected chi connectivity index (χ3v) is 1.50. The first-order valence-electron chi connectivity index (χ1n) is 3.60. The van der Waals surface area contributed by atoms with Crippen LogP contribution in [-0.2, 0) is 5.91 Å². The second-order valence-electron chi connectivity index (χ2n) is 2.49. The first-order valence-corrected chi connectivity index (χ1v) is 3.60. The van der Waals surface area contributed by atoms with Gasteiger partial charge in [0.2, 0.25) is 0 Å². The molecule has 0 saturated heterocycles.